The molecule has 0 aromatic carbocycles. The summed E-state index contributed by atoms with van der Waals surface area (Å²) >= 11 is 6.31. The van der Waals surface area contributed by atoms with Crippen molar-refractivity contribution in [1.29, 1.82) is 0 Å². The number of hydrogen-bond donors (Lipinski definition) is 0. The lowest BCUT2D eigenvalue weighted by molar-refractivity contribution is -0.141. The SMILES string of the molecule is CC(=O)OCC(COC(C)=O)=C(Br)Br. The molecule has 0 spiro atoms. The highest BCUT2D eigenvalue weighted by Gasteiger charge is 2.06. The number of esters is 2. The van der Waals surface area contributed by atoms with Crippen LogP contribution in [0.25, 0.3) is 0 Å². The smallest absolute Gasteiger partial charge is 0.302 e. The molecule has 0 bridgehead atoms. The number of halogens is 2. The zero-order valence-corrected chi connectivity index (χ0v) is 11.0. The van der Waals surface area contributed by atoms with E-state index in [0.29, 0.717) is 8.96 Å². The summed E-state index contributed by atoms with van der Waals surface area (Å²) in [5.74, 6) is -0.766. The molecule has 0 aromatic heterocycles. The fourth-order valence-electron chi connectivity index (χ4n) is 0.528. The van der Waals surface area contributed by atoms with Gasteiger partial charge in [-0.3, -0.25) is 9.59 Å². The lowest BCUT2D eigenvalue weighted by atomic mass is 10.3. The molecule has 0 unspecified atom stereocenters. The molecule has 0 rings (SSSR count). The molecule has 14 heavy (non-hydrogen) atoms. The Kier molecular flexibility index (Phi) is 6.82. The van der Waals surface area contributed by atoms with Crippen LogP contribution in [-0.2, 0) is 19.1 Å². The molecular formula is C8H10Br2O4. The van der Waals surface area contributed by atoms with Gasteiger partial charge >= 0.3 is 11.9 Å². The fourth-order valence-corrected chi connectivity index (χ4v) is 0.986. The second kappa shape index (κ2) is 7.00. The van der Waals surface area contributed by atoms with Gasteiger partial charge in [-0.05, 0) is 31.9 Å². The molecule has 0 amide bonds. The van der Waals surface area contributed by atoms with Crippen molar-refractivity contribution in [3.63, 3.8) is 0 Å². The van der Waals surface area contributed by atoms with Crippen molar-refractivity contribution < 1.29 is 19.1 Å². The molecule has 0 atom stereocenters. The predicted octanol–water partition coefficient (Wildman–Crippen LogP) is 2.11. The van der Waals surface area contributed by atoms with Crippen LogP contribution in [-0.4, -0.2) is 25.2 Å². The van der Waals surface area contributed by atoms with Gasteiger partial charge in [0.15, 0.2) is 0 Å². The van der Waals surface area contributed by atoms with E-state index < -0.39 is 0 Å². The van der Waals surface area contributed by atoms with Gasteiger partial charge in [0, 0.05) is 19.4 Å². The van der Waals surface area contributed by atoms with Crippen molar-refractivity contribution >= 4 is 43.8 Å². The summed E-state index contributed by atoms with van der Waals surface area (Å²) in [6.07, 6.45) is 0. The molecule has 0 aliphatic heterocycles. The van der Waals surface area contributed by atoms with Crippen LogP contribution in [0.2, 0.25) is 0 Å². The molecule has 0 saturated carbocycles. The van der Waals surface area contributed by atoms with Crippen LogP contribution in [0.5, 0.6) is 0 Å². The average molecular weight is 330 g/mol. The number of hydrogen-bond acceptors (Lipinski definition) is 4. The third kappa shape index (κ3) is 7.08. The first-order valence-electron chi connectivity index (χ1n) is 3.73. The van der Waals surface area contributed by atoms with Gasteiger partial charge in [-0.2, -0.15) is 0 Å². The first-order chi connectivity index (χ1) is 6.43. The highest BCUT2D eigenvalue weighted by Crippen LogP contribution is 2.19. The van der Waals surface area contributed by atoms with Crippen LogP contribution in [0.4, 0.5) is 0 Å². The maximum atomic E-state index is 10.5. The highest BCUT2D eigenvalue weighted by atomic mass is 79.9. The van der Waals surface area contributed by atoms with Gasteiger partial charge in [-0.1, -0.05) is 0 Å². The number of carbonyl (C=O) groups is 2. The second-order valence-corrected chi connectivity index (χ2v) is 5.07. The van der Waals surface area contributed by atoms with E-state index in [2.05, 4.69) is 31.9 Å². The molecule has 0 N–H and O–H groups in total. The Morgan fingerprint density at radius 3 is 1.57 bits per heavy atom. The molecule has 4 nitrogen and oxygen atoms in total. The normalized spacial score (nSPS) is 9.14. The van der Waals surface area contributed by atoms with Crippen LogP contribution in [0.1, 0.15) is 13.8 Å². The van der Waals surface area contributed by atoms with E-state index >= 15 is 0 Å². The maximum Gasteiger partial charge on any atom is 0.302 e. The third-order valence-corrected chi connectivity index (χ3v) is 2.29. The van der Waals surface area contributed by atoms with Gasteiger partial charge < -0.3 is 9.47 Å². The second-order valence-electron chi connectivity index (χ2n) is 2.42. The molecule has 6 heteroatoms. The molecule has 80 valence electrons. The lowest BCUT2D eigenvalue weighted by Gasteiger charge is -2.08. The van der Waals surface area contributed by atoms with E-state index in [1.165, 1.54) is 13.8 Å². The summed E-state index contributed by atoms with van der Waals surface area (Å²) in [7, 11) is 0. The minimum Gasteiger partial charge on any atom is -0.461 e. The average Bonchev–Trinajstić information content (AvgIpc) is 2.02. The summed E-state index contributed by atoms with van der Waals surface area (Å²) in [5.41, 5.74) is 0.649. The number of ether oxygens (including phenoxy) is 2. The largest absolute Gasteiger partial charge is 0.461 e. The lowest BCUT2D eigenvalue weighted by Crippen LogP contribution is -2.10. The number of carbonyl (C=O) groups excluding carboxylic acids is 2. The highest BCUT2D eigenvalue weighted by molar-refractivity contribution is 9.28. The van der Waals surface area contributed by atoms with Gasteiger partial charge in [0.2, 0.25) is 0 Å². The van der Waals surface area contributed by atoms with Crippen LogP contribution in [0.3, 0.4) is 0 Å². The summed E-state index contributed by atoms with van der Waals surface area (Å²) in [5, 5.41) is 0. The van der Waals surface area contributed by atoms with Crippen molar-refractivity contribution in [1.82, 2.24) is 0 Å². The third-order valence-electron chi connectivity index (χ3n) is 1.17. The Hall–Kier alpha value is -0.360. The van der Waals surface area contributed by atoms with Crippen molar-refractivity contribution in [2.45, 2.75) is 13.8 Å². The molecule has 0 aromatic rings. The molecule has 0 heterocycles. The molecule has 0 saturated heterocycles. The maximum absolute atomic E-state index is 10.5. The topological polar surface area (TPSA) is 52.6 Å². The number of rotatable bonds is 4. The van der Waals surface area contributed by atoms with E-state index in [1.54, 1.807) is 0 Å². The summed E-state index contributed by atoms with van der Waals surface area (Å²) in [6, 6.07) is 0. The summed E-state index contributed by atoms with van der Waals surface area (Å²) in [6.45, 7) is 2.81. The van der Waals surface area contributed by atoms with Crippen molar-refractivity contribution in [3.8, 4) is 0 Å². The van der Waals surface area contributed by atoms with Gasteiger partial charge in [0.25, 0.3) is 0 Å². The van der Waals surface area contributed by atoms with E-state index in [-0.39, 0.29) is 25.2 Å². The van der Waals surface area contributed by atoms with Gasteiger partial charge in [0.05, 0.1) is 3.39 Å². The monoisotopic (exact) mass is 328 g/mol. The van der Waals surface area contributed by atoms with E-state index in [1.807, 2.05) is 0 Å². The van der Waals surface area contributed by atoms with Crippen molar-refractivity contribution in [3.05, 3.63) is 8.96 Å². The summed E-state index contributed by atoms with van der Waals surface area (Å²) in [4.78, 5) is 21.1. The van der Waals surface area contributed by atoms with E-state index in [4.69, 9.17) is 9.47 Å². The van der Waals surface area contributed by atoms with Crippen molar-refractivity contribution in [2.24, 2.45) is 0 Å². The fraction of sp³-hybridized carbons (Fsp3) is 0.500. The zero-order valence-electron chi connectivity index (χ0n) is 7.80. The Labute approximate surface area is 98.9 Å². The van der Waals surface area contributed by atoms with Crippen LogP contribution >= 0.6 is 31.9 Å². The van der Waals surface area contributed by atoms with Crippen LogP contribution in [0.15, 0.2) is 8.96 Å². The first kappa shape index (κ1) is 13.6. The molecular weight excluding hydrogens is 320 g/mol. The zero-order chi connectivity index (χ0) is 11.1. The first-order valence-corrected chi connectivity index (χ1v) is 5.31. The minimum atomic E-state index is -0.383. The summed E-state index contributed by atoms with van der Waals surface area (Å²) < 4.78 is 10.1. The molecule has 0 fully saturated rings. The van der Waals surface area contributed by atoms with Crippen molar-refractivity contribution in [2.75, 3.05) is 13.2 Å². The van der Waals surface area contributed by atoms with E-state index in [9.17, 15) is 9.59 Å². The Balaban J connectivity index is 4.12. The van der Waals surface area contributed by atoms with Gasteiger partial charge in [-0.25, -0.2) is 0 Å². The van der Waals surface area contributed by atoms with Gasteiger partial charge in [0.1, 0.15) is 13.2 Å². The standard InChI is InChI=1S/C8H10Br2O4/c1-5(11)13-3-7(8(9)10)4-14-6(2)12/h3-4H2,1-2H3. The van der Waals surface area contributed by atoms with E-state index in [0.717, 1.165) is 0 Å². The Morgan fingerprint density at radius 2 is 1.36 bits per heavy atom. The Morgan fingerprint density at radius 1 is 1.00 bits per heavy atom. The predicted molar refractivity (Wildman–Crippen MR) is 58.1 cm³/mol. The Bertz CT molecular complexity index is 236. The molecule has 0 radical (unpaired) electrons. The minimum absolute atomic E-state index is 0.0917. The molecule has 0 aliphatic carbocycles. The van der Waals surface area contributed by atoms with Crippen LogP contribution < -0.4 is 0 Å². The van der Waals surface area contributed by atoms with Crippen LogP contribution in [0, 0.1) is 0 Å². The quantitative estimate of drug-likeness (QED) is 0.741. The molecule has 0 aliphatic rings. The van der Waals surface area contributed by atoms with Gasteiger partial charge in [-0.15, -0.1) is 0 Å².